The zero-order valence-electron chi connectivity index (χ0n) is 6.44. The minimum absolute atomic E-state index is 0.0119. The van der Waals surface area contributed by atoms with Crippen LogP contribution in [0.15, 0.2) is 18.2 Å². The molecule has 11 heavy (non-hydrogen) atoms. The maximum atomic E-state index is 13.1. The first-order chi connectivity index (χ1) is 5.38. The fraction of sp³-hybridized carbons (Fsp3) is 0.400. The fourth-order valence-electron chi connectivity index (χ4n) is 1.73. The molecule has 0 saturated carbocycles. The molecule has 1 aliphatic rings. The third-order valence-electron chi connectivity index (χ3n) is 2.34. The molecular formula is C10H11F. The van der Waals surface area contributed by atoms with Gasteiger partial charge in [-0.2, -0.15) is 0 Å². The summed E-state index contributed by atoms with van der Waals surface area (Å²) in [5, 5.41) is 0. The van der Waals surface area contributed by atoms with Crippen LogP contribution >= 0.6 is 0 Å². The Bertz CT molecular complexity index is 266. The van der Waals surface area contributed by atoms with Crippen LogP contribution in [0.5, 0.6) is 0 Å². The first kappa shape index (κ1) is 6.84. The zero-order valence-corrected chi connectivity index (χ0v) is 6.44. The van der Waals surface area contributed by atoms with Gasteiger partial charge in [-0.1, -0.05) is 12.1 Å². The van der Waals surface area contributed by atoms with Crippen molar-refractivity contribution in [3.63, 3.8) is 0 Å². The van der Waals surface area contributed by atoms with E-state index >= 15 is 0 Å². The summed E-state index contributed by atoms with van der Waals surface area (Å²) in [5.74, 6) is -0.0119. The topological polar surface area (TPSA) is 0 Å². The van der Waals surface area contributed by atoms with E-state index in [1.807, 2.05) is 6.07 Å². The number of rotatable bonds is 0. The molecule has 0 aromatic heterocycles. The van der Waals surface area contributed by atoms with Gasteiger partial charge in [-0.3, -0.25) is 0 Å². The highest BCUT2D eigenvalue weighted by Gasteiger charge is 2.11. The summed E-state index contributed by atoms with van der Waals surface area (Å²) in [6.45, 7) is 0. The first-order valence-electron chi connectivity index (χ1n) is 4.14. The molecule has 1 heteroatoms. The van der Waals surface area contributed by atoms with Gasteiger partial charge >= 0.3 is 0 Å². The van der Waals surface area contributed by atoms with Crippen LogP contribution in [-0.4, -0.2) is 0 Å². The summed E-state index contributed by atoms with van der Waals surface area (Å²) in [4.78, 5) is 0. The molecule has 0 radical (unpaired) electrons. The van der Waals surface area contributed by atoms with Crippen molar-refractivity contribution in [2.24, 2.45) is 0 Å². The second kappa shape index (κ2) is 2.65. The van der Waals surface area contributed by atoms with E-state index in [-0.39, 0.29) is 5.82 Å². The monoisotopic (exact) mass is 150 g/mol. The van der Waals surface area contributed by atoms with Crippen LogP contribution in [0.4, 0.5) is 4.39 Å². The molecule has 0 fully saturated rings. The lowest BCUT2D eigenvalue weighted by molar-refractivity contribution is 0.579. The molecule has 0 nitrogen and oxygen atoms in total. The van der Waals surface area contributed by atoms with Gasteiger partial charge in [0.05, 0.1) is 0 Å². The summed E-state index contributed by atoms with van der Waals surface area (Å²) in [6.07, 6.45) is 4.36. The van der Waals surface area contributed by atoms with Crippen molar-refractivity contribution < 1.29 is 4.39 Å². The molecule has 0 bridgehead atoms. The third-order valence-corrected chi connectivity index (χ3v) is 2.34. The van der Waals surface area contributed by atoms with Gasteiger partial charge in [-0.05, 0) is 42.9 Å². The maximum Gasteiger partial charge on any atom is 0.126 e. The first-order valence-corrected chi connectivity index (χ1v) is 4.14. The normalized spacial score (nSPS) is 16.1. The second-order valence-electron chi connectivity index (χ2n) is 3.08. The van der Waals surface area contributed by atoms with Gasteiger partial charge < -0.3 is 0 Å². The SMILES string of the molecule is Fc1cccc2c1CCCC2. The van der Waals surface area contributed by atoms with E-state index in [9.17, 15) is 4.39 Å². The average molecular weight is 150 g/mol. The Balaban J connectivity index is 2.49. The largest absolute Gasteiger partial charge is 0.207 e. The molecule has 0 amide bonds. The van der Waals surface area contributed by atoms with E-state index in [0.29, 0.717) is 0 Å². The lowest BCUT2D eigenvalue weighted by Gasteiger charge is -2.15. The zero-order chi connectivity index (χ0) is 7.68. The number of benzene rings is 1. The number of fused-ring (bicyclic) bond motifs is 1. The highest BCUT2D eigenvalue weighted by molar-refractivity contribution is 5.30. The quantitative estimate of drug-likeness (QED) is 0.533. The predicted molar refractivity (Wildman–Crippen MR) is 43.0 cm³/mol. The fourth-order valence-corrected chi connectivity index (χ4v) is 1.73. The minimum Gasteiger partial charge on any atom is -0.207 e. The number of halogens is 1. The Morgan fingerprint density at radius 2 is 1.91 bits per heavy atom. The Morgan fingerprint density at radius 3 is 2.73 bits per heavy atom. The average Bonchev–Trinajstić information content (AvgIpc) is 2.06. The summed E-state index contributed by atoms with van der Waals surface area (Å²) in [6, 6.07) is 5.40. The van der Waals surface area contributed by atoms with E-state index in [1.165, 1.54) is 12.0 Å². The molecule has 0 N–H and O–H groups in total. The van der Waals surface area contributed by atoms with Crippen molar-refractivity contribution in [1.29, 1.82) is 0 Å². The van der Waals surface area contributed by atoms with Crippen molar-refractivity contribution in [2.75, 3.05) is 0 Å². The Labute approximate surface area is 66.1 Å². The van der Waals surface area contributed by atoms with Crippen LogP contribution in [0.1, 0.15) is 24.0 Å². The lowest BCUT2D eigenvalue weighted by Crippen LogP contribution is -2.04. The van der Waals surface area contributed by atoms with Gasteiger partial charge in [-0.15, -0.1) is 0 Å². The smallest absolute Gasteiger partial charge is 0.126 e. The van der Waals surface area contributed by atoms with Crippen LogP contribution < -0.4 is 0 Å². The Morgan fingerprint density at radius 1 is 1.09 bits per heavy atom. The summed E-state index contributed by atoms with van der Waals surface area (Å²) < 4.78 is 13.1. The van der Waals surface area contributed by atoms with Crippen molar-refractivity contribution in [3.05, 3.63) is 35.1 Å². The van der Waals surface area contributed by atoms with Crippen molar-refractivity contribution in [1.82, 2.24) is 0 Å². The number of hydrogen-bond acceptors (Lipinski definition) is 0. The summed E-state index contributed by atoms with van der Waals surface area (Å²) >= 11 is 0. The van der Waals surface area contributed by atoms with Gasteiger partial charge in [0.15, 0.2) is 0 Å². The van der Waals surface area contributed by atoms with Crippen molar-refractivity contribution >= 4 is 0 Å². The molecule has 0 aliphatic heterocycles. The lowest BCUT2D eigenvalue weighted by atomic mass is 9.91. The van der Waals surface area contributed by atoms with Crippen LogP contribution in [0, 0.1) is 5.82 Å². The highest BCUT2D eigenvalue weighted by atomic mass is 19.1. The maximum absolute atomic E-state index is 13.1. The number of aryl methyl sites for hydroxylation is 1. The van der Waals surface area contributed by atoms with Gasteiger partial charge in [0.1, 0.15) is 5.82 Å². The molecule has 0 heterocycles. The van der Waals surface area contributed by atoms with E-state index in [1.54, 1.807) is 12.1 Å². The molecule has 2 rings (SSSR count). The molecule has 1 aromatic carbocycles. The molecule has 0 unspecified atom stereocenters. The molecular weight excluding hydrogens is 139 g/mol. The molecule has 58 valence electrons. The summed E-state index contributed by atoms with van der Waals surface area (Å²) in [5.41, 5.74) is 2.18. The van der Waals surface area contributed by atoms with E-state index in [0.717, 1.165) is 24.8 Å². The molecule has 1 aromatic rings. The molecule has 0 saturated heterocycles. The van der Waals surface area contributed by atoms with E-state index in [4.69, 9.17) is 0 Å². The van der Waals surface area contributed by atoms with E-state index < -0.39 is 0 Å². The predicted octanol–water partition coefficient (Wildman–Crippen LogP) is 2.70. The van der Waals surface area contributed by atoms with Crippen LogP contribution in [0.25, 0.3) is 0 Å². The van der Waals surface area contributed by atoms with Crippen LogP contribution in [0.2, 0.25) is 0 Å². The molecule has 1 aliphatic carbocycles. The van der Waals surface area contributed by atoms with Crippen LogP contribution in [-0.2, 0) is 12.8 Å². The molecule has 0 spiro atoms. The molecule has 0 atom stereocenters. The standard InChI is InChI=1S/C10H11F/c11-10-7-3-5-8-4-1-2-6-9(8)10/h3,5,7H,1-2,4,6H2. The Hall–Kier alpha value is -0.850. The van der Waals surface area contributed by atoms with Crippen molar-refractivity contribution in [3.8, 4) is 0 Å². The minimum atomic E-state index is -0.0119. The van der Waals surface area contributed by atoms with Gasteiger partial charge in [-0.25, -0.2) is 4.39 Å². The van der Waals surface area contributed by atoms with E-state index in [2.05, 4.69) is 0 Å². The Kier molecular flexibility index (Phi) is 1.65. The number of hydrogen-bond donors (Lipinski definition) is 0. The van der Waals surface area contributed by atoms with Crippen LogP contribution in [0.3, 0.4) is 0 Å². The third kappa shape index (κ3) is 1.15. The van der Waals surface area contributed by atoms with Crippen molar-refractivity contribution in [2.45, 2.75) is 25.7 Å². The summed E-state index contributed by atoms with van der Waals surface area (Å²) in [7, 11) is 0. The van der Waals surface area contributed by atoms with Gasteiger partial charge in [0.2, 0.25) is 0 Å². The highest BCUT2D eigenvalue weighted by Crippen LogP contribution is 2.22. The van der Waals surface area contributed by atoms with Gasteiger partial charge in [0, 0.05) is 0 Å². The second-order valence-corrected chi connectivity index (χ2v) is 3.08. The van der Waals surface area contributed by atoms with Gasteiger partial charge in [0.25, 0.3) is 0 Å².